The third-order valence-electron chi connectivity index (χ3n) is 1.93. The fraction of sp³-hybridized carbons (Fsp3) is 0.0909. The van der Waals surface area contributed by atoms with Crippen molar-refractivity contribution in [3.8, 4) is 0 Å². The van der Waals surface area contributed by atoms with E-state index in [1.54, 1.807) is 19.1 Å². The fourth-order valence-corrected chi connectivity index (χ4v) is 1.14. The van der Waals surface area contributed by atoms with Crippen LogP contribution in [0.2, 0.25) is 0 Å². The molecule has 15 heavy (non-hydrogen) atoms. The van der Waals surface area contributed by atoms with Crippen LogP contribution in [-0.2, 0) is 4.79 Å². The molecular formula is C11H10O4. The lowest BCUT2D eigenvalue weighted by atomic mass is 10.1. The molecule has 1 aromatic rings. The van der Waals surface area contributed by atoms with Crippen molar-refractivity contribution in [1.82, 2.24) is 0 Å². The smallest absolute Gasteiger partial charge is 0.335 e. The second-order valence-electron chi connectivity index (χ2n) is 3.05. The Morgan fingerprint density at radius 3 is 1.93 bits per heavy atom. The average molecular weight is 206 g/mol. The van der Waals surface area contributed by atoms with E-state index in [1.807, 2.05) is 0 Å². The molecule has 4 heteroatoms. The van der Waals surface area contributed by atoms with Crippen molar-refractivity contribution in [3.05, 3.63) is 41.5 Å². The SMILES string of the molecule is C/C(=C\C(=O)O)c1ccc(C(=O)O)cc1. The van der Waals surface area contributed by atoms with Crippen LogP contribution in [0.15, 0.2) is 30.3 Å². The minimum Gasteiger partial charge on any atom is -0.478 e. The summed E-state index contributed by atoms with van der Waals surface area (Å²) in [4.78, 5) is 20.9. The lowest BCUT2D eigenvalue weighted by Crippen LogP contribution is -1.96. The predicted molar refractivity (Wildman–Crippen MR) is 54.7 cm³/mol. The Morgan fingerprint density at radius 2 is 1.53 bits per heavy atom. The molecule has 0 heterocycles. The van der Waals surface area contributed by atoms with Crippen LogP contribution in [0.4, 0.5) is 0 Å². The van der Waals surface area contributed by atoms with Gasteiger partial charge in [-0.25, -0.2) is 9.59 Å². The largest absolute Gasteiger partial charge is 0.478 e. The molecule has 0 aromatic heterocycles. The van der Waals surface area contributed by atoms with Gasteiger partial charge in [0.05, 0.1) is 5.56 Å². The van der Waals surface area contributed by atoms with E-state index in [-0.39, 0.29) is 5.56 Å². The van der Waals surface area contributed by atoms with Crippen molar-refractivity contribution in [2.45, 2.75) is 6.92 Å². The Balaban J connectivity index is 2.99. The second-order valence-corrected chi connectivity index (χ2v) is 3.05. The first-order valence-electron chi connectivity index (χ1n) is 4.25. The lowest BCUT2D eigenvalue weighted by molar-refractivity contribution is -0.131. The molecule has 78 valence electrons. The number of aromatic carboxylic acids is 1. The van der Waals surface area contributed by atoms with Crippen LogP contribution < -0.4 is 0 Å². The Hall–Kier alpha value is -2.10. The minimum atomic E-state index is -1.02. The molecule has 0 unspecified atom stereocenters. The van der Waals surface area contributed by atoms with E-state index < -0.39 is 11.9 Å². The van der Waals surface area contributed by atoms with Crippen molar-refractivity contribution < 1.29 is 19.8 Å². The standard InChI is InChI=1S/C11H10O4/c1-7(6-10(12)13)8-2-4-9(5-3-8)11(14)15/h2-6H,1H3,(H,12,13)(H,14,15)/b7-6+. The van der Waals surface area contributed by atoms with Gasteiger partial charge in [-0.1, -0.05) is 12.1 Å². The van der Waals surface area contributed by atoms with Crippen LogP contribution in [0, 0.1) is 0 Å². The molecule has 0 spiro atoms. The zero-order chi connectivity index (χ0) is 11.4. The number of benzene rings is 1. The molecule has 0 saturated heterocycles. The zero-order valence-electron chi connectivity index (χ0n) is 8.10. The highest BCUT2D eigenvalue weighted by molar-refractivity contribution is 5.91. The maximum atomic E-state index is 10.6. The molecule has 0 atom stereocenters. The minimum absolute atomic E-state index is 0.182. The molecule has 0 aliphatic heterocycles. The Kier molecular flexibility index (Phi) is 3.23. The highest BCUT2D eigenvalue weighted by atomic mass is 16.4. The number of aliphatic carboxylic acids is 1. The monoisotopic (exact) mass is 206 g/mol. The van der Waals surface area contributed by atoms with E-state index in [0.29, 0.717) is 11.1 Å². The van der Waals surface area contributed by atoms with Crippen LogP contribution in [0.1, 0.15) is 22.8 Å². The summed E-state index contributed by atoms with van der Waals surface area (Å²) in [5.74, 6) is -2.02. The maximum absolute atomic E-state index is 10.6. The number of hydrogen-bond acceptors (Lipinski definition) is 2. The van der Waals surface area contributed by atoms with E-state index in [4.69, 9.17) is 10.2 Å². The van der Waals surface area contributed by atoms with Crippen molar-refractivity contribution >= 4 is 17.5 Å². The van der Waals surface area contributed by atoms with Crippen LogP contribution in [0.25, 0.3) is 5.57 Å². The summed E-state index contributed by atoms with van der Waals surface area (Å²) in [7, 11) is 0. The first-order chi connectivity index (χ1) is 7.00. The molecule has 0 bridgehead atoms. The number of carbonyl (C=O) groups is 2. The molecule has 0 aliphatic carbocycles. The summed E-state index contributed by atoms with van der Waals surface area (Å²) in [5, 5.41) is 17.2. The number of carboxylic acids is 2. The van der Waals surface area contributed by atoms with Gasteiger partial charge in [-0.15, -0.1) is 0 Å². The lowest BCUT2D eigenvalue weighted by Gasteiger charge is -2.00. The average Bonchev–Trinajstić information content (AvgIpc) is 2.17. The van der Waals surface area contributed by atoms with Gasteiger partial charge in [0.15, 0.2) is 0 Å². The summed E-state index contributed by atoms with van der Waals surface area (Å²) in [6.07, 6.45) is 1.08. The molecule has 0 radical (unpaired) electrons. The van der Waals surface area contributed by atoms with Gasteiger partial charge in [0.2, 0.25) is 0 Å². The van der Waals surface area contributed by atoms with Gasteiger partial charge >= 0.3 is 11.9 Å². The summed E-state index contributed by atoms with van der Waals surface area (Å²) < 4.78 is 0. The van der Waals surface area contributed by atoms with E-state index in [2.05, 4.69) is 0 Å². The summed E-state index contributed by atoms with van der Waals surface area (Å²) in [6, 6.07) is 6.05. The van der Waals surface area contributed by atoms with Crippen molar-refractivity contribution in [2.75, 3.05) is 0 Å². The third-order valence-corrected chi connectivity index (χ3v) is 1.93. The zero-order valence-corrected chi connectivity index (χ0v) is 8.10. The summed E-state index contributed by atoms with van der Waals surface area (Å²) in [6.45, 7) is 1.66. The van der Waals surface area contributed by atoms with Gasteiger partial charge in [0.1, 0.15) is 0 Å². The Morgan fingerprint density at radius 1 is 1.07 bits per heavy atom. The first-order valence-corrected chi connectivity index (χ1v) is 4.25. The van der Waals surface area contributed by atoms with E-state index >= 15 is 0 Å². The molecule has 1 aromatic carbocycles. The fourth-order valence-electron chi connectivity index (χ4n) is 1.14. The first kappa shape index (κ1) is 11.0. The number of rotatable bonds is 3. The van der Waals surface area contributed by atoms with Gasteiger partial charge in [0, 0.05) is 6.08 Å². The molecule has 0 saturated carbocycles. The van der Waals surface area contributed by atoms with Gasteiger partial charge in [0.25, 0.3) is 0 Å². The van der Waals surface area contributed by atoms with E-state index in [1.165, 1.54) is 12.1 Å². The van der Waals surface area contributed by atoms with Crippen molar-refractivity contribution in [1.29, 1.82) is 0 Å². The Labute approximate surface area is 86.5 Å². The van der Waals surface area contributed by atoms with Gasteiger partial charge in [-0.3, -0.25) is 0 Å². The van der Waals surface area contributed by atoms with Gasteiger partial charge in [-0.2, -0.15) is 0 Å². The van der Waals surface area contributed by atoms with Gasteiger partial charge in [-0.05, 0) is 30.2 Å². The maximum Gasteiger partial charge on any atom is 0.335 e. The molecule has 0 amide bonds. The summed E-state index contributed by atoms with van der Waals surface area (Å²) in [5.41, 5.74) is 1.46. The van der Waals surface area contributed by atoms with E-state index in [9.17, 15) is 9.59 Å². The molecule has 2 N–H and O–H groups in total. The quantitative estimate of drug-likeness (QED) is 0.740. The molecule has 0 fully saturated rings. The second kappa shape index (κ2) is 4.41. The highest BCUT2D eigenvalue weighted by Crippen LogP contribution is 2.14. The van der Waals surface area contributed by atoms with Crippen molar-refractivity contribution in [2.24, 2.45) is 0 Å². The highest BCUT2D eigenvalue weighted by Gasteiger charge is 2.03. The van der Waals surface area contributed by atoms with Crippen LogP contribution in [-0.4, -0.2) is 22.2 Å². The normalized spacial score (nSPS) is 11.1. The topological polar surface area (TPSA) is 74.6 Å². The molecular weight excluding hydrogens is 196 g/mol. The molecule has 0 aliphatic rings. The van der Waals surface area contributed by atoms with Crippen LogP contribution in [0.5, 0.6) is 0 Å². The molecule has 1 rings (SSSR count). The van der Waals surface area contributed by atoms with E-state index in [0.717, 1.165) is 6.08 Å². The third kappa shape index (κ3) is 2.95. The van der Waals surface area contributed by atoms with Crippen LogP contribution >= 0.6 is 0 Å². The number of hydrogen-bond donors (Lipinski definition) is 2. The predicted octanol–water partition coefficient (Wildman–Crippen LogP) is 1.87. The number of allylic oxidation sites excluding steroid dienone is 1. The van der Waals surface area contributed by atoms with Crippen LogP contribution in [0.3, 0.4) is 0 Å². The van der Waals surface area contributed by atoms with Crippen molar-refractivity contribution in [3.63, 3.8) is 0 Å². The summed E-state index contributed by atoms with van der Waals surface area (Å²) >= 11 is 0. The number of carboxylic acid groups (broad SMARTS) is 2. The Bertz CT molecular complexity index is 415. The van der Waals surface area contributed by atoms with Gasteiger partial charge < -0.3 is 10.2 Å². The molecule has 4 nitrogen and oxygen atoms in total.